The summed E-state index contributed by atoms with van der Waals surface area (Å²) in [6.45, 7) is 6.19. The van der Waals surface area contributed by atoms with Crippen LogP contribution in [0.15, 0.2) is 85.2 Å². The van der Waals surface area contributed by atoms with Gasteiger partial charge in [-0.2, -0.15) is 0 Å². The van der Waals surface area contributed by atoms with Crippen LogP contribution in [0.4, 0.5) is 4.39 Å². The molecule has 1 saturated heterocycles. The van der Waals surface area contributed by atoms with Gasteiger partial charge in [0.05, 0.1) is 23.4 Å². The van der Waals surface area contributed by atoms with Crippen LogP contribution in [0.2, 0.25) is 0 Å². The highest BCUT2D eigenvalue weighted by Crippen LogP contribution is 2.29. The van der Waals surface area contributed by atoms with E-state index in [0.717, 1.165) is 56.8 Å². The van der Waals surface area contributed by atoms with E-state index < -0.39 is 0 Å². The number of piperazine rings is 1. The molecule has 4 aromatic rings. The molecule has 2 heterocycles. The Morgan fingerprint density at radius 1 is 0.750 bits per heavy atom. The van der Waals surface area contributed by atoms with E-state index in [9.17, 15) is 4.39 Å². The first-order valence-corrected chi connectivity index (χ1v) is 11.4. The molecule has 1 unspecified atom stereocenters. The van der Waals surface area contributed by atoms with Crippen LogP contribution in [0.3, 0.4) is 0 Å². The van der Waals surface area contributed by atoms with Crippen LogP contribution in [-0.4, -0.2) is 52.1 Å². The number of rotatable bonds is 7. The maximum Gasteiger partial charge on any atom is 0.123 e. The summed E-state index contributed by atoms with van der Waals surface area (Å²) in [5, 5.41) is 0. The first-order valence-electron chi connectivity index (χ1n) is 11.4. The monoisotopic (exact) mass is 428 g/mol. The molecule has 1 aromatic heterocycles. The number of aryl methyl sites for hydroxylation is 1. The average molecular weight is 429 g/mol. The zero-order chi connectivity index (χ0) is 21.8. The van der Waals surface area contributed by atoms with Gasteiger partial charge in [-0.3, -0.25) is 4.90 Å². The topological polar surface area (TPSA) is 24.3 Å². The van der Waals surface area contributed by atoms with Crippen molar-refractivity contribution in [2.24, 2.45) is 0 Å². The average Bonchev–Trinajstić information content (AvgIpc) is 3.25. The van der Waals surface area contributed by atoms with E-state index in [1.165, 1.54) is 11.1 Å². The summed E-state index contributed by atoms with van der Waals surface area (Å²) < 4.78 is 15.8. The van der Waals surface area contributed by atoms with Crippen molar-refractivity contribution in [3.8, 4) is 0 Å². The molecule has 0 N–H and O–H groups in total. The number of aromatic nitrogens is 2. The van der Waals surface area contributed by atoms with E-state index in [2.05, 4.69) is 61.8 Å². The minimum Gasteiger partial charge on any atom is -0.331 e. The molecular formula is C27H29FN4. The van der Waals surface area contributed by atoms with Gasteiger partial charge in [0, 0.05) is 32.7 Å². The van der Waals surface area contributed by atoms with E-state index in [1.54, 1.807) is 12.1 Å². The second-order valence-electron chi connectivity index (χ2n) is 8.52. The highest BCUT2D eigenvalue weighted by Gasteiger charge is 2.26. The van der Waals surface area contributed by atoms with Crippen LogP contribution >= 0.6 is 0 Å². The van der Waals surface area contributed by atoms with E-state index in [-0.39, 0.29) is 11.9 Å². The second kappa shape index (κ2) is 9.63. The first kappa shape index (κ1) is 20.9. The molecule has 5 rings (SSSR count). The van der Waals surface area contributed by atoms with Crippen LogP contribution in [0.1, 0.15) is 23.6 Å². The van der Waals surface area contributed by atoms with Crippen molar-refractivity contribution < 1.29 is 4.39 Å². The van der Waals surface area contributed by atoms with Crippen molar-refractivity contribution in [2.75, 3.05) is 32.7 Å². The quantitative estimate of drug-likeness (QED) is 0.415. The summed E-state index contributed by atoms with van der Waals surface area (Å²) in [4.78, 5) is 9.58. The van der Waals surface area contributed by atoms with Gasteiger partial charge in [-0.15, -0.1) is 0 Å². The largest absolute Gasteiger partial charge is 0.331 e. The highest BCUT2D eigenvalue weighted by atomic mass is 19.1. The number of para-hydroxylation sites is 2. The summed E-state index contributed by atoms with van der Waals surface area (Å²) in [7, 11) is 0. The van der Waals surface area contributed by atoms with Gasteiger partial charge in [-0.1, -0.05) is 54.6 Å². The van der Waals surface area contributed by atoms with Gasteiger partial charge in [0.2, 0.25) is 0 Å². The molecular weight excluding hydrogens is 399 g/mol. The Balaban J connectivity index is 1.20. The zero-order valence-corrected chi connectivity index (χ0v) is 18.3. The molecule has 1 atom stereocenters. The van der Waals surface area contributed by atoms with Crippen molar-refractivity contribution in [3.05, 3.63) is 102 Å². The number of imidazole rings is 1. The fourth-order valence-corrected chi connectivity index (χ4v) is 4.79. The van der Waals surface area contributed by atoms with Crippen molar-refractivity contribution in [1.29, 1.82) is 0 Å². The highest BCUT2D eigenvalue weighted by molar-refractivity contribution is 5.74. The van der Waals surface area contributed by atoms with Gasteiger partial charge < -0.3 is 9.47 Å². The van der Waals surface area contributed by atoms with E-state index in [0.29, 0.717) is 0 Å². The standard InChI is InChI=1S/C27H29FN4/c28-24-13-11-23(12-14-24)27(22-7-2-1-3-8-22)31-19-17-30(18-20-31)15-6-16-32-21-29-25-9-4-5-10-26(25)32/h1-5,7-14,21,27H,6,15-20H2. The molecule has 32 heavy (non-hydrogen) atoms. The van der Waals surface area contributed by atoms with E-state index in [4.69, 9.17) is 0 Å². The number of halogens is 1. The van der Waals surface area contributed by atoms with Gasteiger partial charge in [0.1, 0.15) is 5.82 Å². The van der Waals surface area contributed by atoms with Crippen LogP contribution in [0.25, 0.3) is 11.0 Å². The minimum atomic E-state index is -0.184. The van der Waals surface area contributed by atoms with Crippen molar-refractivity contribution >= 4 is 11.0 Å². The van der Waals surface area contributed by atoms with Gasteiger partial charge in [-0.25, -0.2) is 9.37 Å². The van der Waals surface area contributed by atoms with Crippen molar-refractivity contribution in [2.45, 2.75) is 19.0 Å². The third-order valence-corrected chi connectivity index (χ3v) is 6.47. The smallest absolute Gasteiger partial charge is 0.123 e. The number of fused-ring (bicyclic) bond motifs is 1. The summed E-state index contributed by atoms with van der Waals surface area (Å²) in [6, 6.07) is 26.0. The molecule has 3 aromatic carbocycles. The van der Waals surface area contributed by atoms with Crippen LogP contribution < -0.4 is 0 Å². The Kier molecular flexibility index (Phi) is 6.28. The predicted molar refractivity (Wildman–Crippen MR) is 127 cm³/mol. The number of hydrogen-bond donors (Lipinski definition) is 0. The molecule has 0 saturated carbocycles. The minimum absolute atomic E-state index is 0.163. The fourth-order valence-electron chi connectivity index (χ4n) is 4.79. The molecule has 4 nitrogen and oxygen atoms in total. The first-order chi connectivity index (χ1) is 15.8. The lowest BCUT2D eigenvalue weighted by atomic mass is 9.96. The van der Waals surface area contributed by atoms with Crippen LogP contribution in [0.5, 0.6) is 0 Å². The lowest BCUT2D eigenvalue weighted by molar-refractivity contribution is 0.108. The van der Waals surface area contributed by atoms with Gasteiger partial charge in [-0.05, 0) is 48.4 Å². The molecule has 0 bridgehead atoms. The Morgan fingerprint density at radius 2 is 1.44 bits per heavy atom. The SMILES string of the molecule is Fc1ccc(C(c2ccccc2)N2CCN(CCCn3cnc4ccccc43)CC2)cc1. The van der Waals surface area contributed by atoms with Crippen molar-refractivity contribution in [1.82, 2.24) is 19.4 Å². The van der Waals surface area contributed by atoms with E-state index in [1.807, 2.05) is 30.6 Å². The van der Waals surface area contributed by atoms with Gasteiger partial charge in [0.25, 0.3) is 0 Å². The molecule has 0 amide bonds. The molecule has 0 radical (unpaired) electrons. The van der Waals surface area contributed by atoms with Crippen LogP contribution in [-0.2, 0) is 6.54 Å². The normalized spacial score (nSPS) is 16.4. The molecule has 1 aliphatic heterocycles. The summed E-state index contributed by atoms with van der Waals surface area (Å²) >= 11 is 0. The Morgan fingerprint density at radius 3 is 2.22 bits per heavy atom. The maximum atomic E-state index is 13.5. The molecule has 0 spiro atoms. The maximum absolute atomic E-state index is 13.5. The Bertz CT molecular complexity index is 1130. The predicted octanol–water partition coefficient (Wildman–Crippen LogP) is 4.97. The third-order valence-electron chi connectivity index (χ3n) is 6.47. The molecule has 164 valence electrons. The van der Waals surface area contributed by atoms with Gasteiger partial charge >= 0.3 is 0 Å². The number of nitrogens with zero attached hydrogens (tertiary/aromatic N) is 4. The molecule has 1 aliphatic rings. The Hall–Kier alpha value is -3.02. The number of benzene rings is 3. The summed E-state index contributed by atoms with van der Waals surface area (Å²) in [5.74, 6) is -0.184. The Labute approximate surface area is 188 Å². The second-order valence-corrected chi connectivity index (χ2v) is 8.52. The van der Waals surface area contributed by atoms with Gasteiger partial charge in [0.15, 0.2) is 0 Å². The van der Waals surface area contributed by atoms with E-state index >= 15 is 0 Å². The molecule has 0 aliphatic carbocycles. The lowest BCUT2D eigenvalue weighted by Crippen LogP contribution is -2.48. The van der Waals surface area contributed by atoms with Crippen LogP contribution in [0, 0.1) is 5.82 Å². The summed E-state index contributed by atoms with van der Waals surface area (Å²) in [5.41, 5.74) is 4.69. The molecule has 1 fully saturated rings. The van der Waals surface area contributed by atoms with Crippen molar-refractivity contribution in [3.63, 3.8) is 0 Å². The fraction of sp³-hybridized carbons (Fsp3) is 0.296. The number of hydrogen-bond acceptors (Lipinski definition) is 3. The lowest BCUT2D eigenvalue weighted by Gasteiger charge is -2.40. The summed E-state index contributed by atoms with van der Waals surface area (Å²) in [6.07, 6.45) is 3.07. The molecule has 5 heteroatoms. The zero-order valence-electron chi connectivity index (χ0n) is 18.3. The third kappa shape index (κ3) is 4.59.